The van der Waals surface area contributed by atoms with Gasteiger partial charge in [0.15, 0.2) is 22.6 Å². The number of carbonyl (C=O) groups is 4. The lowest BCUT2D eigenvalue weighted by Gasteiger charge is -2.29. The minimum Gasteiger partial charge on any atom is -0.391 e. The number of nitrogens with zero attached hydrogens (tertiary/aromatic N) is 19. The van der Waals surface area contributed by atoms with E-state index in [0.29, 0.717) is 162 Å². The zero-order chi connectivity index (χ0) is 86.2. The molecule has 0 aliphatic carbocycles. The summed E-state index contributed by atoms with van der Waals surface area (Å²) in [5.74, 6) is -0.425. The third-order valence-corrected chi connectivity index (χ3v) is 22.1. The molecule has 0 saturated carbocycles. The number of likely N-dealkylation sites (tertiary alicyclic amines) is 1. The van der Waals surface area contributed by atoms with E-state index in [1.165, 1.54) is 0 Å². The molecule has 8 aromatic heterocycles. The number of rotatable bonds is 22. The van der Waals surface area contributed by atoms with Gasteiger partial charge in [-0.15, -0.1) is 40.8 Å². The van der Waals surface area contributed by atoms with Crippen LogP contribution in [0.15, 0.2) is 255 Å². The number of amides is 4. The molecule has 124 heavy (non-hydrogen) atoms. The molecule has 18 rings (SSSR count). The fourth-order valence-corrected chi connectivity index (χ4v) is 15.7. The topological polar surface area (TPSA) is 309 Å². The number of benzene rings is 8. The predicted octanol–water partition coefficient (Wildman–Crippen LogP) is 15.4. The molecule has 2 fully saturated rings. The number of fused-ring (bicyclic) bond motifs is 4. The SMILES string of the molecule is C=C1CN(C(=O)Cn2nc(-c3ccccc3)c3c(Cl)c(-c4ccccc4)nnc32)CCN1.CCCNC(=O)Cn1nc(-c2ccccc2)c2c(Cl)c(-c3ccccc3)nnc21.CN(C)CCCNC(=O)Cn1nc(-c2ccccc2)c2c(Cl)c(-c3ccccc3)nnc21.O=C(Cn1nc(-c2ccccc2)c2c(Cl)c(-c3ccccc3)nnc21)N1CCC(O)C1. The Labute approximate surface area is 734 Å². The average Bonchev–Trinajstić information content (AvgIpc) is 1.62. The first-order valence-corrected chi connectivity index (χ1v) is 41.9. The van der Waals surface area contributed by atoms with Crippen LogP contribution in [0, 0.1) is 0 Å². The minimum absolute atomic E-state index is 0.00570. The van der Waals surface area contributed by atoms with Crippen LogP contribution < -0.4 is 16.0 Å². The highest BCUT2D eigenvalue weighted by molar-refractivity contribution is 6.40. The molecule has 4 N–H and O–H groups in total. The highest BCUT2D eigenvalue weighted by Gasteiger charge is 2.31. The molecule has 2 aliphatic rings. The van der Waals surface area contributed by atoms with Gasteiger partial charge in [-0.25, -0.2) is 18.7 Å². The highest BCUT2D eigenvalue weighted by Crippen LogP contribution is 2.42. The van der Waals surface area contributed by atoms with Crippen molar-refractivity contribution in [2.75, 3.05) is 66.5 Å². The molecular formula is C93H86Cl4N22O5. The molecule has 626 valence electrons. The van der Waals surface area contributed by atoms with Crippen LogP contribution in [0.5, 0.6) is 0 Å². The van der Waals surface area contributed by atoms with E-state index in [4.69, 9.17) is 61.7 Å². The van der Waals surface area contributed by atoms with Crippen molar-refractivity contribution in [2.45, 2.75) is 58.5 Å². The maximum Gasteiger partial charge on any atom is 0.244 e. The summed E-state index contributed by atoms with van der Waals surface area (Å²) in [4.78, 5) is 56.1. The van der Waals surface area contributed by atoms with Gasteiger partial charge in [-0.3, -0.25) is 19.2 Å². The van der Waals surface area contributed by atoms with E-state index in [0.717, 1.165) is 69.6 Å². The molecule has 0 bridgehead atoms. The van der Waals surface area contributed by atoms with Crippen LogP contribution in [-0.2, 0) is 45.4 Å². The standard InChI is InChI=1S/C24H21ClN6O.C24H25ClN6O.C23H20ClN5O2.C22H20ClN5O/c1-16-14-30(13-12-26-16)19(32)15-31-24-20(22(29-31)17-8-4-2-5-9-17)21(25)23(27-28-24)18-10-6-3-7-11-18;1-30(2)15-9-14-26-19(32)16-31-24-20(22(29-31)17-10-5-3-6-11-17)21(25)23(27-28-24)18-12-7-4-8-13-18;24-20-19-21(15-7-3-1-4-8-15)27-29(14-18(31)28-12-11-17(30)13-28)23(19)26-25-22(20)16-9-5-2-6-10-16;1-2-13-24-17(29)14-28-22-18(20(27-28)15-9-5-3-6-10-15)19(23)21(25-26-22)16-11-7-4-8-12-16/h2-11,26H,1,12-15H2;3-8,10-13H,9,14-16H2,1-2H3,(H,26,32);1-10,17,30H,11-14H2;3-12H,2,13-14H2,1H3,(H,24,29). The largest absolute Gasteiger partial charge is 0.391 e. The third kappa shape index (κ3) is 19.7. The fourth-order valence-electron chi connectivity index (χ4n) is 14.5. The highest BCUT2D eigenvalue weighted by atomic mass is 35.5. The Bertz CT molecular complexity index is 6460. The average molecular weight is 1730 g/mol. The summed E-state index contributed by atoms with van der Waals surface area (Å²) in [5.41, 5.74) is 14.8. The van der Waals surface area contributed by atoms with Gasteiger partial charge in [-0.1, -0.05) is 303 Å². The first-order chi connectivity index (χ1) is 60.5. The lowest BCUT2D eigenvalue weighted by atomic mass is 10.1. The van der Waals surface area contributed by atoms with Gasteiger partial charge in [0.05, 0.1) is 54.3 Å². The monoisotopic (exact) mass is 1730 g/mol. The molecule has 10 heterocycles. The Morgan fingerprint density at radius 2 is 0.685 bits per heavy atom. The van der Waals surface area contributed by atoms with E-state index in [9.17, 15) is 24.3 Å². The van der Waals surface area contributed by atoms with Crippen molar-refractivity contribution < 1.29 is 24.3 Å². The molecule has 4 amide bonds. The van der Waals surface area contributed by atoms with Crippen LogP contribution >= 0.6 is 46.4 Å². The Hall–Kier alpha value is -13.5. The maximum absolute atomic E-state index is 13.0. The van der Waals surface area contributed by atoms with E-state index in [1.54, 1.807) is 28.5 Å². The molecule has 31 heteroatoms. The molecule has 16 aromatic rings. The third-order valence-electron chi connectivity index (χ3n) is 20.6. The molecule has 1 atom stereocenters. The predicted molar refractivity (Wildman–Crippen MR) is 485 cm³/mol. The van der Waals surface area contributed by atoms with Crippen LogP contribution in [0.3, 0.4) is 0 Å². The number of hydrogen-bond donors (Lipinski definition) is 4. The summed E-state index contributed by atoms with van der Waals surface area (Å²) in [7, 11) is 4.02. The number of nitrogens with one attached hydrogen (secondary N) is 3. The van der Waals surface area contributed by atoms with Gasteiger partial charge < -0.3 is 35.8 Å². The minimum atomic E-state index is -0.471. The number of halogens is 4. The number of β-amino-alcohol motifs (C(OH)–C–C–N with tert-alkyl or cyclic N) is 1. The molecule has 27 nitrogen and oxygen atoms in total. The molecule has 1 unspecified atom stereocenters. The van der Waals surface area contributed by atoms with E-state index < -0.39 is 6.10 Å². The van der Waals surface area contributed by atoms with Crippen molar-refractivity contribution >= 4 is 114 Å². The van der Waals surface area contributed by atoms with Crippen LogP contribution in [0.25, 0.3) is 134 Å². The van der Waals surface area contributed by atoms with Crippen molar-refractivity contribution in [3.8, 4) is 90.1 Å². The molecule has 0 spiro atoms. The fraction of sp³-hybridized carbons (Fsp3) is 0.204. The van der Waals surface area contributed by atoms with Crippen LogP contribution in [0.1, 0.15) is 26.2 Å². The summed E-state index contributed by atoms with van der Waals surface area (Å²) in [6, 6.07) is 77.6. The van der Waals surface area contributed by atoms with Gasteiger partial charge in [0.1, 0.15) is 71.7 Å². The lowest BCUT2D eigenvalue weighted by molar-refractivity contribution is -0.132. The van der Waals surface area contributed by atoms with Gasteiger partial charge in [0.2, 0.25) is 23.6 Å². The van der Waals surface area contributed by atoms with E-state index >= 15 is 0 Å². The number of aliphatic hydroxyl groups excluding tert-OH is 1. The van der Waals surface area contributed by atoms with Crippen molar-refractivity contribution in [1.29, 1.82) is 0 Å². The number of carbonyl (C=O) groups excluding carboxylic acids is 4. The molecule has 2 aliphatic heterocycles. The Morgan fingerprint density at radius 3 is 0.960 bits per heavy atom. The zero-order valence-corrected chi connectivity index (χ0v) is 71.1. The van der Waals surface area contributed by atoms with Gasteiger partial charge in [-0.2, -0.15) is 20.4 Å². The van der Waals surface area contributed by atoms with Gasteiger partial charge >= 0.3 is 0 Å². The van der Waals surface area contributed by atoms with Crippen LogP contribution in [-0.4, -0.2) is 196 Å². The van der Waals surface area contributed by atoms with E-state index in [1.807, 2.05) is 264 Å². The second-order valence-corrected chi connectivity index (χ2v) is 31.2. The van der Waals surface area contributed by atoms with Crippen molar-refractivity contribution in [3.63, 3.8) is 0 Å². The van der Waals surface area contributed by atoms with Crippen molar-refractivity contribution in [2.24, 2.45) is 0 Å². The Kier molecular flexibility index (Phi) is 27.5. The molecule has 2 saturated heterocycles. The first kappa shape index (κ1) is 85.4. The number of piperazine rings is 1. The van der Waals surface area contributed by atoms with E-state index in [2.05, 4.69) is 73.3 Å². The summed E-state index contributed by atoms with van der Waals surface area (Å²) < 4.78 is 6.29. The summed E-state index contributed by atoms with van der Waals surface area (Å²) in [6.07, 6.45) is 1.86. The van der Waals surface area contributed by atoms with Crippen molar-refractivity contribution in [1.82, 2.24) is 111 Å². The molecule has 0 radical (unpaired) electrons. The molecular weight excluding hydrogens is 1650 g/mol. The maximum atomic E-state index is 13.0. The van der Waals surface area contributed by atoms with Gasteiger partial charge in [-0.05, 0) is 39.9 Å². The lowest BCUT2D eigenvalue weighted by Crippen LogP contribution is -2.46. The number of hydrogen-bond acceptors (Lipinski definition) is 19. The van der Waals surface area contributed by atoms with Gasteiger partial charge in [0.25, 0.3) is 0 Å². The van der Waals surface area contributed by atoms with Gasteiger partial charge in [0, 0.05) is 89.5 Å². The smallest absolute Gasteiger partial charge is 0.244 e. The summed E-state index contributed by atoms with van der Waals surface area (Å²) in [6.45, 7) is 10.9. The summed E-state index contributed by atoms with van der Waals surface area (Å²) >= 11 is 27.4. The zero-order valence-electron chi connectivity index (χ0n) is 68.1. The second kappa shape index (κ2) is 40.0. The Morgan fingerprint density at radius 1 is 0.403 bits per heavy atom. The summed E-state index contributed by atoms with van der Waals surface area (Å²) in [5, 5.41) is 77.3. The Balaban J connectivity index is 0.000000128. The van der Waals surface area contributed by atoms with Crippen LogP contribution in [0.4, 0.5) is 0 Å². The van der Waals surface area contributed by atoms with Crippen molar-refractivity contribution in [3.05, 3.63) is 275 Å². The molecule has 8 aromatic carbocycles. The second-order valence-electron chi connectivity index (χ2n) is 29.7. The normalized spacial score (nSPS) is 13.1. The quantitative estimate of drug-likeness (QED) is 0.0458. The van der Waals surface area contributed by atoms with Crippen LogP contribution in [0.2, 0.25) is 20.1 Å². The van der Waals surface area contributed by atoms with E-state index in [-0.39, 0.29) is 49.8 Å². The first-order valence-electron chi connectivity index (χ1n) is 40.4. The number of aromatic nitrogens is 16. The number of aliphatic hydroxyl groups is 1.